The van der Waals surface area contributed by atoms with Crippen molar-refractivity contribution in [2.24, 2.45) is 0 Å². The Bertz CT molecular complexity index is 1770. The number of nitrogens with zero attached hydrogens (tertiary/aromatic N) is 2. The van der Waals surface area contributed by atoms with Crippen molar-refractivity contribution in [1.82, 2.24) is 10.2 Å². The van der Waals surface area contributed by atoms with Crippen molar-refractivity contribution in [3.63, 3.8) is 0 Å². The number of benzene rings is 4. The van der Waals surface area contributed by atoms with Crippen molar-refractivity contribution in [2.45, 2.75) is 43.9 Å². The lowest BCUT2D eigenvalue weighted by atomic mass is 10.0. The highest BCUT2D eigenvalue weighted by Crippen LogP contribution is 2.33. The van der Waals surface area contributed by atoms with Crippen LogP contribution in [0, 0.1) is 6.92 Å². The maximum absolute atomic E-state index is 14.4. The number of sulfonamides is 1. The SMILES string of the molecule is CCNC(=O)C(Cc1ccccc1)N(Cc1ccccc1Cl)C(=O)CN(c1cccc(C(F)(F)F)c1)S(=O)(=O)c1ccc(C)cc1. The van der Waals surface area contributed by atoms with E-state index >= 15 is 0 Å². The van der Waals surface area contributed by atoms with Crippen molar-refractivity contribution in [1.29, 1.82) is 0 Å². The summed E-state index contributed by atoms with van der Waals surface area (Å²) in [6, 6.07) is 24.1. The number of halogens is 4. The number of alkyl halides is 3. The molecule has 0 saturated carbocycles. The first-order valence-corrected chi connectivity index (χ1v) is 16.2. The van der Waals surface area contributed by atoms with Gasteiger partial charge in [0.15, 0.2) is 0 Å². The van der Waals surface area contributed by atoms with Gasteiger partial charge in [-0.2, -0.15) is 13.2 Å². The molecule has 0 heterocycles. The highest BCUT2D eigenvalue weighted by atomic mass is 35.5. The highest BCUT2D eigenvalue weighted by Gasteiger charge is 2.36. The molecule has 12 heteroatoms. The number of amides is 2. The standard InChI is InChI=1S/C34H33ClF3N3O4S/c1-3-39-33(43)31(20-25-10-5-4-6-11-25)40(22-26-12-7-8-15-30(26)35)32(42)23-41(28-14-9-13-27(21-28)34(36,37)38)46(44,45)29-18-16-24(2)17-19-29/h4-19,21,31H,3,20,22-23H2,1-2H3,(H,39,43). The quantitative estimate of drug-likeness (QED) is 0.183. The molecule has 242 valence electrons. The number of rotatable bonds is 12. The molecule has 0 fully saturated rings. The largest absolute Gasteiger partial charge is 0.416 e. The number of anilines is 1. The van der Waals surface area contributed by atoms with E-state index in [9.17, 15) is 31.2 Å². The van der Waals surface area contributed by atoms with Gasteiger partial charge in [0.25, 0.3) is 10.0 Å². The summed E-state index contributed by atoms with van der Waals surface area (Å²) in [6.45, 7) is 2.67. The monoisotopic (exact) mass is 671 g/mol. The number of likely N-dealkylation sites (N-methyl/N-ethyl adjacent to an activating group) is 1. The molecule has 4 rings (SSSR count). The average molecular weight is 672 g/mol. The molecule has 46 heavy (non-hydrogen) atoms. The first-order valence-electron chi connectivity index (χ1n) is 14.4. The molecule has 1 atom stereocenters. The Balaban J connectivity index is 1.84. The molecule has 0 aromatic heterocycles. The third kappa shape index (κ3) is 8.46. The normalized spacial score (nSPS) is 12.3. The van der Waals surface area contributed by atoms with Crippen LogP contribution in [0.25, 0.3) is 0 Å². The van der Waals surface area contributed by atoms with Gasteiger partial charge in [-0.1, -0.05) is 83.9 Å². The minimum absolute atomic E-state index is 0.0805. The number of carbonyl (C=O) groups is 2. The van der Waals surface area contributed by atoms with Gasteiger partial charge in [-0.25, -0.2) is 8.42 Å². The Morgan fingerprint density at radius 3 is 2.17 bits per heavy atom. The first-order chi connectivity index (χ1) is 21.8. The van der Waals surface area contributed by atoms with Gasteiger partial charge in [-0.3, -0.25) is 13.9 Å². The molecule has 1 N–H and O–H groups in total. The molecule has 1 unspecified atom stereocenters. The first kappa shape index (κ1) is 34.5. The van der Waals surface area contributed by atoms with E-state index in [1.54, 1.807) is 80.6 Å². The number of carbonyl (C=O) groups excluding carboxylic acids is 2. The van der Waals surface area contributed by atoms with Crippen LogP contribution in [0.2, 0.25) is 5.02 Å². The summed E-state index contributed by atoms with van der Waals surface area (Å²) in [5.41, 5.74) is 0.541. The molecule has 4 aromatic rings. The van der Waals surface area contributed by atoms with E-state index in [2.05, 4.69) is 5.32 Å². The second kappa shape index (κ2) is 14.8. The number of hydrogen-bond donors (Lipinski definition) is 1. The molecule has 0 aliphatic carbocycles. The van der Waals surface area contributed by atoms with Gasteiger partial charge >= 0.3 is 6.18 Å². The molecule has 0 aliphatic heterocycles. The second-order valence-corrected chi connectivity index (χ2v) is 12.9. The van der Waals surface area contributed by atoms with E-state index in [1.165, 1.54) is 23.1 Å². The maximum Gasteiger partial charge on any atom is 0.416 e. The van der Waals surface area contributed by atoms with E-state index in [1.807, 2.05) is 0 Å². The Labute approximate surface area is 271 Å². The minimum Gasteiger partial charge on any atom is -0.355 e. The fraction of sp³-hybridized carbons (Fsp3) is 0.235. The highest BCUT2D eigenvalue weighted by molar-refractivity contribution is 7.92. The predicted molar refractivity (Wildman–Crippen MR) is 172 cm³/mol. The van der Waals surface area contributed by atoms with Crippen LogP contribution in [0.4, 0.5) is 18.9 Å². The summed E-state index contributed by atoms with van der Waals surface area (Å²) < 4.78 is 70.0. The molecule has 0 spiro atoms. The van der Waals surface area contributed by atoms with Gasteiger partial charge in [0.1, 0.15) is 12.6 Å². The smallest absolute Gasteiger partial charge is 0.355 e. The summed E-state index contributed by atoms with van der Waals surface area (Å²) in [7, 11) is -4.57. The summed E-state index contributed by atoms with van der Waals surface area (Å²) in [4.78, 5) is 28.9. The van der Waals surface area contributed by atoms with Crippen molar-refractivity contribution >= 4 is 39.1 Å². The lowest BCUT2D eigenvalue weighted by Crippen LogP contribution is -2.53. The van der Waals surface area contributed by atoms with Crippen LogP contribution < -0.4 is 9.62 Å². The summed E-state index contributed by atoms with van der Waals surface area (Å²) in [5, 5.41) is 3.07. The molecule has 7 nitrogen and oxygen atoms in total. The zero-order valence-corrected chi connectivity index (χ0v) is 26.7. The molecule has 2 amide bonds. The van der Waals surface area contributed by atoms with Gasteiger partial charge in [0.05, 0.1) is 16.1 Å². The molecule has 0 radical (unpaired) electrons. The van der Waals surface area contributed by atoms with Crippen LogP contribution in [-0.4, -0.2) is 44.3 Å². The zero-order valence-electron chi connectivity index (χ0n) is 25.2. The lowest BCUT2D eigenvalue weighted by molar-refractivity contribution is -0.140. The van der Waals surface area contributed by atoms with Crippen molar-refractivity contribution in [2.75, 3.05) is 17.4 Å². The van der Waals surface area contributed by atoms with Gasteiger partial charge in [-0.15, -0.1) is 0 Å². The van der Waals surface area contributed by atoms with Gasteiger partial charge in [0, 0.05) is 24.5 Å². The maximum atomic E-state index is 14.4. The Morgan fingerprint density at radius 2 is 1.54 bits per heavy atom. The van der Waals surface area contributed by atoms with Crippen LogP contribution in [0.5, 0.6) is 0 Å². The Hall–Kier alpha value is -4.35. The van der Waals surface area contributed by atoms with E-state index in [0.29, 0.717) is 21.0 Å². The molecule has 0 bridgehead atoms. The van der Waals surface area contributed by atoms with Gasteiger partial charge < -0.3 is 10.2 Å². The fourth-order valence-corrected chi connectivity index (χ4v) is 6.46. The van der Waals surface area contributed by atoms with E-state index < -0.39 is 46.2 Å². The Morgan fingerprint density at radius 1 is 0.891 bits per heavy atom. The van der Waals surface area contributed by atoms with Crippen LogP contribution in [-0.2, 0) is 38.8 Å². The van der Waals surface area contributed by atoms with Crippen LogP contribution >= 0.6 is 11.6 Å². The summed E-state index contributed by atoms with van der Waals surface area (Å²) >= 11 is 6.45. The van der Waals surface area contributed by atoms with E-state index in [4.69, 9.17) is 11.6 Å². The molecule has 4 aromatic carbocycles. The van der Waals surface area contributed by atoms with Crippen LogP contribution in [0.1, 0.15) is 29.2 Å². The third-order valence-corrected chi connectivity index (χ3v) is 9.43. The second-order valence-electron chi connectivity index (χ2n) is 10.6. The summed E-state index contributed by atoms with van der Waals surface area (Å²) in [6.07, 6.45) is -4.69. The van der Waals surface area contributed by atoms with Crippen LogP contribution in [0.15, 0.2) is 108 Å². The fourth-order valence-electron chi connectivity index (χ4n) is 4.86. The minimum atomic E-state index is -4.77. The number of hydrogen-bond acceptors (Lipinski definition) is 4. The number of nitrogens with one attached hydrogen (secondary N) is 1. The van der Waals surface area contributed by atoms with E-state index in [0.717, 1.165) is 23.3 Å². The third-order valence-electron chi connectivity index (χ3n) is 7.27. The topological polar surface area (TPSA) is 86.8 Å². The lowest BCUT2D eigenvalue weighted by Gasteiger charge is -2.34. The average Bonchev–Trinajstić information content (AvgIpc) is 3.02. The van der Waals surface area contributed by atoms with Crippen molar-refractivity contribution in [3.8, 4) is 0 Å². The molecule has 0 saturated heterocycles. The van der Waals surface area contributed by atoms with E-state index in [-0.39, 0.29) is 30.1 Å². The molecular weight excluding hydrogens is 639 g/mol. The summed E-state index contributed by atoms with van der Waals surface area (Å²) in [5.74, 6) is -1.31. The number of aryl methyl sites for hydroxylation is 1. The molecular formula is C34H33ClF3N3O4S. The van der Waals surface area contributed by atoms with Gasteiger partial charge in [-0.05, 0) is 61.4 Å². The zero-order chi connectivity index (χ0) is 33.5. The van der Waals surface area contributed by atoms with Crippen molar-refractivity contribution in [3.05, 3.63) is 130 Å². The Kier molecular flexibility index (Phi) is 11.1. The van der Waals surface area contributed by atoms with Crippen molar-refractivity contribution < 1.29 is 31.2 Å². The predicted octanol–water partition coefficient (Wildman–Crippen LogP) is 6.64. The van der Waals surface area contributed by atoms with Gasteiger partial charge in [0.2, 0.25) is 11.8 Å². The van der Waals surface area contributed by atoms with Crippen LogP contribution in [0.3, 0.4) is 0 Å². The molecule has 0 aliphatic rings.